The van der Waals surface area contributed by atoms with E-state index in [0.717, 1.165) is 49.8 Å². The SMILES string of the molecule is CC1CCN(Cc2ccccc2CNC(=O)c2cccc(N3CCCC3=O)c2)CC1. The standard InChI is InChI=1S/C25H31N3O2/c1-19-11-14-27(15-12-19)18-22-7-3-2-6-21(22)17-26-25(30)20-8-4-9-23(16-20)28-13-5-10-24(28)29/h2-4,6-9,16,19H,5,10-15,17-18H2,1H3,(H,26,30). The number of hydrogen-bond acceptors (Lipinski definition) is 3. The molecule has 0 aliphatic carbocycles. The maximum Gasteiger partial charge on any atom is 0.251 e. The summed E-state index contributed by atoms with van der Waals surface area (Å²) < 4.78 is 0. The van der Waals surface area contributed by atoms with Gasteiger partial charge in [0.1, 0.15) is 0 Å². The highest BCUT2D eigenvalue weighted by atomic mass is 16.2. The first-order chi connectivity index (χ1) is 14.6. The molecule has 0 unspecified atom stereocenters. The maximum absolute atomic E-state index is 12.8. The molecule has 0 radical (unpaired) electrons. The van der Waals surface area contributed by atoms with Crippen LogP contribution in [0.1, 0.15) is 54.1 Å². The van der Waals surface area contributed by atoms with Gasteiger partial charge in [0, 0.05) is 37.3 Å². The number of nitrogens with zero attached hydrogens (tertiary/aromatic N) is 2. The van der Waals surface area contributed by atoms with Crippen LogP contribution >= 0.6 is 0 Å². The molecule has 2 saturated heterocycles. The molecule has 2 heterocycles. The Morgan fingerprint density at radius 2 is 1.80 bits per heavy atom. The topological polar surface area (TPSA) is 52.7 Å². The molecule has 158 valence electrons. The van der Waals surface area contributed by atoms with Gasteiger partial charge in [-0.05, 0) is 67.6 Å². The molecular weight excluding hydrogens is 374 g/mol. The van der Waals surface area contributed by atoms with Gasteiger partial charge >= 0.3 is 0 Å². The minimum atomic E-state index is -0.106. The first-order valence-corrected chi connectivity index (χ1v) is 11.1. The Balaban J connectivity index is 1.39. The number of anilines is 1. The third-order valence-corrected chi connectivity index (χ3v) is 6.32. The maximum atomic E-state index is 12.8. The van der Waals surface area contributed by atoms with Crippen molar-refractivity contribution in [1.29, 1.82) is 0 Å². The summed E-state index contributed by atoms with van der Waals surface area (Å²) >= 11 is 0. The zero-order valence-corrected chi connectivity index (χ0v) is 17.8. The van der Waals surface area contributed by atoms with Crippen LogP contribution in [0.25, 0.3) is 0 Å². The second kappa shape index (κ2) is 9.43. The van der Waals surface area contributed by atoms with Crippen LogP contribution in [0.2, 0.25) is 0 Å². The smallest absolute Gasteiger partial charge is 0.251 e. The number of amides is 2. The molecule has 1 N–H and O–H groups in total. The molecule has 2 fully saturated rings. The number of piperidine rings is 1. The lowest BCUT2D eigenvalue weighted by Gasteiger charge is -2.30. The van der Waals surface area contributed by atoms with E-state index < -0.39 is 0 Å². The summed E-state index contributed by atoms with van der Waals surface area (Å²) in [6.07, 6.45) is 3.98. The molecule has 2 aromatic carbocycles. The minimum absolute atomic E-state index is 0.106. The lowest BCUT2D eigenvalue weighted by molar-refractivity contribution is -0.117. The van der Waals surface area contributed by atoms with Crippen molar-refractivity contribution in [2.75, 3.05) is 24.5 Å². The summed E-state index contributed by atoms with van der Waals surface area (Å²) in [6, 6.07) is 15.7. The van der Waals surface area contributed by atoms with Crippen LogP contribution in [0.4, 0.5) is 5.69 Å². The fourth-order valence-electron chi connectivity index (χ4n) is 4.36. The summed E-state index contributed by atoms with van der Waals surface area (Å²) in [4.78, 5) is 29.1. The van der Waals surface area contributed by atoms with Gasteiger partial charge in [-0.15, -0.1) is 0 Å². The number of rotatable bonds is 6. The highest BCUT2D eigenvalue weighted by molar-refractivity contribution is 5.99. The largest absolute Gasteiger partial charge is 0.348 e. The summed E-state index contributed by atoms with van der Waals surface area (Å²) in [5.41, 5.74) is 3.85. The van der Waals surface area contributed by atoms with Gasteiger partial charge in [-0.25, -0.2) is 0 Å². The molecule has 0 saturated carbocycles. The lowest BCUT2D eigenvalue weighted by Crippen LogP contribution is -2.33. The first-order valence-electron chi connectivity index (χ1n) is 11.1. The van der Waals surface area contributed by atoms with E-state index in [1.807, 2.05) is 24.3 Å². The van der Waals surface area contributed by atoms with Crippen molar-refractivity contribution >= 4 is 17.5 Å². The number of benzene rings is 2. The van der Waals surface area contributed by atoms with E-state index in [1.54, 1.807) is 11.0 Å². The molecule has 30 heavy (non-hydrogen) atoms. The summed E-state index contributed by atoms with van der Waals surface area (Å²) in [5.74, 6) is 0.848. The van der Waals surface area contributed by atoms with Crippen LogP contribution < -0.4 is 10.2 Å². The fraction of sp³-hybridized carbons (Fsp3) is 0.440. The molecule has 0 bridgehead atoms. The van der Waals surface area contributed by atoms with Gasteiger partial charge in [0.05, 0.1) is 0 Å². The minimum Gasteiger partial charge on any atom is -0.348 e. The van der Waals surface area contributed by atoms with E-state index in [0.29, 0.717) is 18.5 Å². The second-order valence-corrected chi connectivity index (χ2v) is 8.61. The first kappa shape index (κ1) is 20.6. The molecule has 2 aliphatic rings. The van der Waals surface area contributed by atoms with Gasteiger partial charge in [0.15, 0.2) is 0 Å². The molecule has 4 rings (SSSR count). The molecule has 2 amide bonds. The van der Waals surface area contributed by atoms with Crippen molar-refractivity contribution in [3.63, 3.8) is 0 Å². The summed E-state index contributed by atoms with van der Waals surface area (Å²) in [6.45, 7) is 6.78. The molecular formula is C25H31N3O2. The molecule has 5 nitrogen and oxygen atoms in total. The van der Waals surface area contributed by atoms with Crippen LogP contribution in [-0.4, -0.2) is 36.3 Å². The molecule has 0 atom stereocenters. The van der Waals surface area contributed by atoms with Gasteiger partial charge in [-0.3, -0.25) is 14.5 Å². The molecule has 0 spiro atoms. The van der Waals surface area contributed by atoms with Crippen molar-refractivity contribution in [3.05, 3.63) is 65.2 Å². The van der Waals surface area contributed by atoms with Crippen LogP contribution in [0, 0.1) is 5.92 Å². The Labute approximate surface area is 179 Å². The van der Waals surface area contributed by atoms with E-state index in [-0.39, 0.29) is 11.8 Å². The molecule has 0 aromatic heterocycles. The summed E-state index contributed by atoms with van der Waals surface area (Å²) in [5, 5.41) is 3.07. The van der Waals surface area contributed by atoms with Crippen molar-refractivity contribution in [2.24, 2.45) is 5.92 Å². The second-order valence-electron chi connectivity index (χ2n) is 8.61. The van der Waals surface area contributed by atoms with Gasteiger partial charge < -0.3 is 10.2 Å². The average Bonchev–Trinajstić information content (AvgIpc) is 3.20. The zero-order valence-electron chi connectivity index (χ0n) is 17.8. The van der Waals surface area contributed by atoms with Crippen LogP contribution in [0.3, 0.4) is 0 Å². The number of carbonyl (C=O) groups is 2. The average molecular weight is 406 g/mol. The Hall–Kier alpha value is -2.66. The third kappa shape index (κ3) is 4.90. The van der Waals surface area contributed by atoms with Gasteiger partial charge in [0.2, 0.25) is 5.91 Å². The summed E-state index contributed by atoms with van der Waals surface area (Å²) in [7, 11) is 0. The molecule has 2 aromatic rings. The van der Waals surface area contributed by atoms with Crippen molar-refractivity contribution in [3.8, 4) is 0 Å². The number of carbonyl (C=O) groups excluding carboxylic acids is 2. The van der Waals surface area contributed by atoms with E-state index in [2.05, 4.69) is 35.3 Å². The van der Waals surface area contributed by atoms with Crippen LogP contribution in [-0.2, 0) is 17.9 Å². The highest BCUT2D eigenvalue weighted by Crippen LogP contribution is 2.23. The number of nitrogens with one attached hydrogen (secondary N) is 1. The Kier molecular flexibility index (Phi) is 6.48. The van der Waals surface area contributed by atoms with Gasteiger partial charge in [-0.1, -0.05) is 37.3 Å². The Morgan fingerprint density at radius 3 is 2.53 bits per heavy atom. The van der Waals surface area contributed by atoms with Crippen LogP contribution in [0.5, 0.6) is 0 Å². The van der Waals surface area contributed by atoms with E-state index in [9.17, 15) is 9.59 Å². The lowest BCUT2D eigenvalue weighted by atomic mass is 9.98. The van der Waals surface area contributed by atoms with Crippen molar-refractivity contribution in [2.45, 2.75) is 45.7 Å². The van der Waals surface area contributed by atoms with Gasteiger partial charge in [0.25, 0.3) is 5.91 Å². The van der Waals surface area contributed by atoms with Crippen LogP contribution in [0.15, 0.2) is 48.5 Å². The highest BCUT2D eigenvalue weighted by Gasteiger charge is 2.22. The third-order valence-electron chi connectivity index (χ3n) is 6.32. The van der Waals surface area contributed by atoms with Crippen molar-refractivity contribution in [1.82, 2.24) is 10.2 Å². The Morgan fingerprint density at radius 1 is 1.03 bits per heavy atom. The van der Waals surface area contributed by atoms with Crippen molar-refractivity contribution < 1.29 is 9.59 Å². The predicted molar refractivity (Wildman–Crippen MR) is 119 cm³/mol. The molecule has 2 aliphatic heterocycles. The number of likely N-dealkylation sites (tertiary alicyclic amines) is 1. The van der Waals surface area contributed by atoms with Gasteiger partial charge in [-0.2, -0.15) is 0 Å². The Bertz CT molecular complexity index is 903. The normalized spacial score (nSPS) is 18.0. The van der Waals surface area contributed by atoms with E-state index >= 15 is 0 Å². The quantitative estimate of drug-likeness (QED) is 0.791. The monoisotopic (exact) mass is 405 g/mol. The zero-order chi connectivity index (χ0) is 20.9. The van der Waals surface area contributed by atoms with E-state index in [1.165, 1.54) is 18.4 Å². The molecule has 5 heteroatoms. The van der Waals surface area contributed by atoms with E-state index in [4.69, 9.17) is 0 Å². The fourth-order valence-corrected chi connectivity index (χ4v) is 4.36. The number of hydrogen-bond donors (Lipinski definition) is 1. The predicted octanol–water partition coefficient (Wildman–Crippen LogP) is 3.98.